The molecule has 0 spiro atoms. The SMILES string of the molecule is Fc1ccc2cccc3c2c1C=CC3. The molecule has 2 aromatic carbocycles. The predicted molar refractivity (Wildman–Crippen MR) is 56.6 cm³/mol. The van der Waals surface area contributed by atoms with Gasteiger partial charge in [-0.1, -0.05) is 36.4 Å². The van der Waals surface area contributed by atoms with Crippen molar-refractivity contribution in [2.24, 2.45) is 0 Å². The third kappa shape index (κ3) is 0.925. The molecule has 0 radical (unpaired) electrons. The standard InChI is InChI=1S/C13H9F/c14-12-8-7-10-4-1-3-9-5-2-6-11(12)13(9)10/h1-4,6-8H,5H2. The molecular formula is C13H9F. The van der Waals surface area contributed by atoms with Crippen molar-refractivity contribution < 1.29 is 4.39 Å². The largest absolute Gasteiger partial charge is 0.206 e. The normalized spacial score (nSPS) is 13.5. The van der Waals surface area contributed by atoms with Gasteiger partial charge in [0.15, 0.2) is 0 Å². The Morgan fingerprint density at radius 3 is 2.93 bits per heavy atom. The minimum absolute atomic E-state index is 0.124. The van der Waals surface area contributed by atoms with Crippen LogP contribution in [0.5, 0.6) is 0 Å². The molecule has 2 aromatic rings. The van der Waals surface area contributed by atoms with Crippen LogP contribution < -0.4 is 0 Å². The fraction of sp³-hybridized carbons (Fsp3) is 0.0769. The second kappa shape index (κ2) is 2.68. The lowest BCUT2D eigenvalue weighted by Crippen LogP contribution is -1.95. The van der Waals surface area contributed by atoms with Crippen molar-refractivity contribution >= 4 is 16.8 Å². The van der Waals surface area contributed by atoms with Gasteiger partial charge in [0.05, 0.1) is 0 Å². The lowest BCUT2D eigenvalue weighted by molar-refractivity contribution is 0.627. The number of benzene rings is 2. The molecule has 1 aliphatic rings. The highest BCUT2D eigenvalue weighted by Crippen LogP contribution is 2.29. The minimum atomic E-state index is -0.124. The molecule has 0 aromatic heterocycles. The Morgan fingerprint density at radius 1 is 1.07 bits per heavy atom. The maximum atomic E-state index is 13.5. The van der Waals surface area contributed by atoms with Crippen molar-refractivity contribution in [3.05, 3.63) is 53.4 Å². The van der Waals surface area contributed by atoms with E-state index in [0.29, 0.717) is 0 Å². The predicted octanol–water partition coefficient (Wildman–Crippen LogP) is 3.55. The molecule has 0 aliphatic heterocycles. The van der Waals surface area contributed by atoms with Crippen LogP contribution in [0.4, 0.5) is 4.39 Å². The zero-order chi connectivity index (χ0) is 9.54. The fourth-order valence-electron chi connectivity index (χ4n) is 2.10. The summed E-state index contributed by atoms with van der Waals surface area (Å²) in [4.78, 5) is 0. The van der Waals surface area contributed by atoms with E-state index >= 15 is 0 Å². The Labute approximate surface area is 81.7 Å². The lowest BCUT2D eigenvalue weighted by atomic mass is 9.93. The Kier molecular flexibility index (Phi) is 1.48. The zero-order valence-electron chi connectivity index (χ0n) is 7.63. The molecule has 0 bridgehead atoms. The molecule has 0 saturated carbocycles. The molecule has 1 heteroatoms. The van der Waals surface area contributed by atoms with E-state index in [1.165, 1.54) is 11.6 Å². The first-order valence-electron chi connectivity index (χ1n) is 4.73. The molecule has 68 valence electrons. The lowest BCUT2D eigenvalue weighted by Gasteiger charge is -2.12. The highest BCUT2D eigenvalue weighted by Gasteiger charge is 2.11. The number of halogens is 1. The number of hydrogen-bond acceptors (Lipinski definition) is 0. The van der Waals surface area contributed by atoms with E-state index in [1.807, 2.05) is 30.4 Å². The van der Waals surface area contributed by atoms with Crippen LogP contribution in [-0.2, 0) is 6.42 Å². The van der Waals surface area contributed by atoms with Gasteiger partial charge in [-0.05, 0) is 28.8 Å². The Hall–Kier alpha value is -1.63. The third-order valence-electron chi connectivity index (χ3n) is 2.74. The van der Waals surface area contributed by atoms with E-state index in [9.17, 15) is 4.39 Å². The molecule has 0 N–H and O–H groups in total. The quantitative estimate of drug-likeness (QED) is 0.587. The van der Waals surface area contributed by atoms with Crippen LogP contribution in [0.1, 0.15) is 11.1 Å². The molecular weight excluding hydrogens is 175 g/mol. The van der Waals surface area contributed by atoms with E-state index in [-0.39, 0.29) is 5.82 Å². The first-order chi connectivity index (χ1) is 6.86. The maximum absolute atomic E-state index is 13.5. The number of rotatable bonds is 0. The second-order valence-electron chi connectivity index (χ2n) is 3.58. The van der Waals surface area contributed by atoms with Crippen LogP contribution in [0.15, 0.2) is 36.4 Å². The Bertz CT molecular complexity index is 538. The minimum Gasteiger partial charge on any atom is -0.206 e. The Balaban J connectivity index is 2.56. The molecule has 0 fully saturated rings. The smallest absolute Gasteiger partial charge is 0.131 e. The Morgan fingerprint density at radius 2 is 2.00 bits per heavy atom. The summed E-state index contributed by atoms with van der Waals surface area (Å²) in [6, 6.07) is 9.50. The molecule has 3 rings (SSSR count). The van der Waals surface area contributed by atoms with Crippen LogP contribution in [-0.4, -0.2) is 0 Å². The highest BCUT2D eigenvalue weighted by atomic mass is 19.1. The van der Waals surface area contributed by atoms with E-state index in [0.717, 1.165) is 22.8 Å². The molecule has 1 aliphatic carbocycles. The van der Waals surface area contributed by atoms with Gasteiger partial charge in [0.1, 0.15) is 5.82 Å². The summed E-state index contributed by atoms with van der Waals surface area (Å²) in [5, 5.41) is 2.21. The van der Waals surface area contributed by atoms with Crippen LogP contribution in [0.3, 0.4) is 0 Å². The van der Waals surface area contributed by atoms with Crippen LogP contribution in [0.25, 0.3) is 16.8 Å². The molecule has 0 heterocycles. The van der Waals surface area contributed by atoms with Gasteiger partial charge in [0.2, 0.25) is 0 Å². The van der Waals surface area contributed by atoms with E-state index < -0.39 is 0 Å². The molecule has 0 saturated heterocycles. The van der Waals surface area contributed by atoms with Crippen molar-refractivity contribution in [3.63, 3.8) is 0 Å². The third-order valence-corrected chi connectivity index (χ3v) is 2.74. The van der Waals surface area contributed by atoms with E-state index in [2.05, 4.69) is 6.07 Å². The first-order valence-corrected chi connectivity index (χ1v) is 4.73. The molecule has 14 heavy (non-hydrogen) atoms. The fourth-order valence-corrected chi connectivity index (χ4v) is 2.10. The van der Waals surface area contributed by atoms with Crippen LogP contribution >= 0.6 is 0 Å². The summed E-state index contributed by atoms with van der Waals surface area (Å²) in [7, 11) is 0. The van der Waals surface area contributed by atoms with Crippen LogP contribution in [0, 0.1) is 5.82 Å². The van der Waals surface area contributed by atoms with E-state index in [4.69, 9.17) is 0 Å². The molecule has 0 atom stereocenters. The van der Waals surface area contributed by atoms with Gasteiger partial charge in [0.25, 0.3) is 0 Å². The highest BCUT2D eigenvalue weighted by molar-refractivity contribution is 5.95. The van der Waals surface area contributed by atoms with Gasteiger partial charge in [0, 0.05) is 5.56 Å². The molecule has 0 nitrogen and oxygen atoms in total. The van der Waals surface area contributed by atoms with Crippen molar-refractivity contribution in [1.82, 2.24) is 0 Å². The van der Waals surface area contributed by atoms with Gasteiger partial charge in [-0.2, -0.15) is 0 Å². The van der Waals surface area contributed by atoms with Crippen molar-refractivity contribution in [2.45, 2.75) is 6.42 Å². The van der Waals surface area contributed by atoms with Crippen molar-refractivity contribution in [3.8, 4) is 0 Å². The topological polar surface area (TPSA) is 0 Å². The summed E-state index contributed by atoms with van der Waals surface area (Å²) in [5.74, 6) is -0.124. The van der Waals surface area contributed by atoms with Crippen LogP contribution in [0.2, 0.25) is 0 Å². The average Bonchev–Trinajstić information content (AvgIpc) is 2.24. The van der Waals surface area contributed by atoms with Gasteiger partial charge in [-0.15, -0.1) is 0 Å². The van der Waals surface area contributed by atoms with Gasteiger partial charge in [-0.3, -0.25) is 0 Å². The van der Waals surface area contributed by atoms with Gasteiger partial charge >= 0.3 is 0 Å². The summed E-state index contributed by atoms with van der Waals surface area (Å²) in [5.41, 5.74) is 1.96. The summed E-state index contributed by atoms with van der Waals surface area (Å²) >= 11 is 0. The summed E-state index contributed by atoms with van der Waals surface area (Å²) < 4.78 is 13.5. The van der Waals surface area contributed by atoms with E-state index in [1.54, 1.807) is 0 Å². The van der Waals surface area contributed by atoms with Gasteiger partial charge < -0.3 is 0 Å². The molecule has 0 unspecified atom stereocenters. The summed E-state index contributed by atoms with van der Waals surface area (Å²) in [6.45, 7) is 0. The number of allylic oxidation sites excluding steroid dienone is 1. The van der Waals surface area contributed by atoms with Gasteiger partial charge in [-0.25, -0.2) is 4.39 Å². The van der Waals surface area contributed by atoms with Crippen molar-refractivity contribution in [1.29, 1.82) is 0 Å². The monoisotopic (exact) mass is 184 g/mol. The number of hydrogen-bond donors (Lipinski definition) is 0. The maximum Gasteiger partial charge on any atom is 0.131 e. The average molecular weight is 184 g/mol. The van der Waals surface area contributed by atoms with Crippen molar-refractivity contribution in [2.75, 3.05) is 0 Å². The molecule has 0 amide bonds. The second-order valence-corrected chi connectivity index (χ2v) is 3.58. The zero-order valence-corrected chi connectivity index (χ0v) is 7.63. The first kappa shape index (κ1) is 7.74. The summed E-state index contributed by atoms with van der Waals surface area (Å²) in [6.07, 6.45) is 4.80.